The molecule has 0 bridgehead atoms. The van der Waals surface area contributed by atoms with E-state index in [1.807, 2.05) is 6.07 Å². The van der Waals surface area contributed by atoms with Crippen LogP contribution < -0.4 is 15.4 Å². The third-order valence-electron chi connectivity index (χ3n) is 4.68. The van der Waals surface area contributed by atoms with Gasteiger partial charge in [-0.15, -0.1) is 0 Å². The summed E-state index contributed by atoms with van der Waals surface area (Å²) in [4.78, 5) is 2.46. The summed E-state index contributed by atoms with van der Waals surface area (Å²) in [5.74, 6) is 0.913. The minimum absolute atomic E-state index is 0.512. The normalized spacial score (nSPS) is 18.4. The van der Waals surface area contributed by atoms with Crippen LogP contribution in [0.4, 0.5) is 5.69 Å². The average Bonchev–Trinajstić information content (AvgIpc) is 2.47. The van der Waals surface area contributed by atoms with Gasteiger partial charge in [-0.1, -0.05) is 26.3 Å². The summed E-state index contributed by atoms with van der Waals surface area (Å²) in [6.45, 7) is 7.52. The van der Waals surface area contributed by atoms with E-state index in [2.05, 4.69) is 30.9 Å². The third kappa shape index (κ3) is 3.03. The summed E-state index contributed by atoms with van der Waals surface area (Å²) in [5, 5.41) is 0. The Morgan fingerprint density at radius 2 is 2.00 bits per heavy atom. The predicted molar refractivity (Wildman–Crippen MR) is 80.7 cm³/mol. The second kappa shape index (κ2) is 5.83. The number of benzene rings is 1. The first kappa shape index (κ1) is 14.2. The monoisotopic (exact) mass is 262 g/mol. The Bertz CT molecular complexity index is 423. The van der Waals surface area contributed by atoms with Gasteiger partial charge >= 0.3 is 0 Å². The number of nitrogens with two attached hydrogens (primary N) is 1. The van der Waals surface area contributed by atoms with Crippen molar-refractivity contribution < 1.29 is 4.74 Å². The van der Waals surface area contributed by atoms with Gasteiger partial charge in [0, 0.05) is 31.4 Å². The summed E-state index contributed by atoms with van der Waals surface area (Å²) in [5.41, 5.74) is 8.83. The molecule has 1 fully saturated rings. The van der Waals surface area contributed by atoms with Crippen molar-refractivity contribution in [1.82, 2.24) is 0 Å². The van der Waals surface area contributed by atoms with E-state index < -0.39 is 0 Å². The molecule has 1 aliphatic rings. The lowest BCUT2D eigenvalue weighted by molar-refractivity contribution is 0.238. The van der Waals surface area contributed by atoms with E-state index in [4.69, 9.17) is 10.5 Å². The topological polar surface area (TPSA) is 38.5 Å². The smallest absolute Gasteiger partial charge is 0.120 e. The van der Waals surface area contributed by atoms with Crippen LogP contribution in [0.15, 0.2) is 18.2 Å². The fraction of sp³-hybridized carbons (Fsp3) is 0.625. The quantitative estimate of drug-likeness (QED) is 0.905. The van der Waals surface area contributed by atoms with Crippen LogP contribution in [-0.2, 0) is 6.54 Å². The minimum atomic E-state index is 0.512. The van der Waals surface area contributed by atoms with Crippen molar-refractivity contribution >= 4 is 5.69 Å². The molecule has 19 heavy (non-hydrogen) atoms. The maximum atomic E-state index is 5.86. The van der Waals surface area contributed by atoms with E-state index in [9.17, 15) is 0 Å². The Morgan fingerprint density at radius 1 is 1.32 bits per heavy atom. The van der Waals surface area contributed by atoms with Gasteiger partial charge in [0.1, 0.15) is 5.75 Å². The van der Waals surface area contributed by atoms with Gasteiger partial charge in [-0.3, -0.25) is 0 Å². The van der Waals surface area contributed by atoms with Crippen molar-refractivity contribution in [3.05, 3.63) is 23.8 Å². The van der Waals surface area contributed by atoms with Gasteiger partial charge in [-0.2, -0.15) is 0 Å². The first-order valence-electron chi connectivity index (χ1n) is 7.24. The SMILES string of the molecule is CCC1(C)CCN(c2cc(OC)ccc2CN)CC1. The van der Waals surface area contributed by atoms with Crippen molar-refractivity contribution in [2.45, 2.75) is 39.7 Å². The molecule has 3 heteroatoms. The predicted octanol–water partition coefficient (Wildman–Crippen LogP) is 3.17. The van der Waals surface area contributed by atoms with Crippen LogP contribution in [0.5, 0.6) is 5.75 Å². The Morgan fingerprint density at radius 3 is 2.53 bits per heavy atom. The summed E-state index contributed by atoms with van der Waals surface area (Å²) >= 11 is 0. The molecule has 0 spiro atoms. The zero-order valence-corrected chi connectivity index (χ0v) is 12.4. The summed E-state index contributed by atoms with van der Waals surface area (Å²) in [7, 11) is 1.71. The summed E-state index contributed by atoms with van der Waals surface area (Å²) in [6, 6.07) is 6.20. The molecule has 1 heterocycles. The van der Waals surface area contributed by atoms with Gasteiger partial charge in [-0.05, 0) is 29.9 Å². The highest BCUT2D eigenvalue weighted by Gasteiger charge is 2.29. The van der Waals surface area contributed by atoms with E-state index in [1.54, 1.807) is 7.11 Å². The molecule has 0 amide bonds. The van der Waals surface area contributed by atoms with Gasteiger partial charge in [0.15, 0.2) is 0 Å². The number of methoxy groups -OCH3 is 1. The van der Waals surface area contributed by atoms with Crippen LogP contribution >= 0.6 is 0 Å². The molecule has 1 saturated heterocycles. The van der Waals surface area contributed by atoms with Gasteiger partial charge in [0.25, 0.3) is 0 Å². The Labute approximate surface area is 116 Å². The maximum Gasteiger partial charge on any atom is 0.120 e. The van der Waals surface area contributed by atoms with Crippen molar-refractivity contribution in [1.29, 1.82) is 0 Å². The van der Waals surface area contributed by atoms with Gasteiger partial charge in [0.2, 0.25) is 0 Å². The Balaban J connectivity index is 2.18. The fourth-order valence-electron chi connectivity index (χ4n) is 2.78. The highest BCUT2D eigenvalue weighted by atomic mass is 16.5. The number of piperidine rings is 1. The molecule has 1 aromatic carbocycles. The molecule has 106 valence electrons. The van der Waals surface area contributed by atoms with Crippen molar-refractivity contribution in [3.8, 4) is 5.75 Å². The van der Waals surface area contributed by atoms with Crippen LogP contribution in [0.1, 0.15) is 38.7 Å². The van der Waals surface area contributed by atoms with E-state index in [1.165, 1.54) is 30.5 Å². The minimum Gasteiger partial charge on any atom is -0.497 e. The first-order valence-corrected chi connectivity index (χ1v) is 7.24. The molecule has 0 unspecified atom stereocenters. The van der Waals surface area contributed by atoms with Crippen LogP contribution in [0.25, 0.3) is 0 Å². The van der Waals surface area contributed by atoms with Crippen LogP contribution in [0.3, 0.4) is 0 Å². The lowest BCUT2D eigenvalue weighted by Crippen LogP contribution is -2.39. The van der Waals surface area contributed by atoms with E-state index in [0.29, 0.717) is 12.0 Å². The second-order valence-electron chi connectivity index (χ2n) is 5.85. The van der Waals surface area contributed by atoms with Crippen molar-refractivity contribution in [2.75, 3.05) is 25.1 Å². The fourth-order valence-corrected chi connectivity index (χ4v) is 2.78. The summed E-state index contributed by atoms with van der Waals surface area (Å²) in [6.07, 6.45) is 3.78. The molecule has 0 aromatic heterocycles. The Hall–Kier alpha value is -1.22. The van der Waals surface area contributed by atoms with Crippen molar-refractivity contribution in [3.63, 3.8) is 0 Å². The molecule has 0 saturated carbocycles. The number of hydrogen-bond donors (Lipinski definition) is 1. The zero-order valence-electron chi connectivity index (χ0n) is 12.4. The number of anilines is 1. The zero-order chi connectivity index (χ0) is 13.9. The number of ether oxygens (including phenoxy) is 1. The lowest BCUT2D eigenvalue weighted by Gasteiger charge is -2.40. The first-order chi connectivity index (χ1) is 9.11. The molecule has 0 radical (unpaired) electrons. The average molecular weight is 262 g/mol. The molecule has 2 N–H and O–H groups in total. The second-order valence-corrected chi connectivity index (χ2v) is 5.85. The molecule has 0 atom stereocenters. The molecule has 1 aliphatic heterocycles. The highest BCUT2D eigenvalue weighted by molar-refractivity contribution is 5.57. The van der Waals surface area contributed by atoms with Gasteiger partial charge < -0.3 is 15.4 Å². The molecular formula is C16H26N2O. The molecule has 0 aliphatic carbocycles. The van der Waals surface area contributed by atoms with Gasteiger partial charge in [0.05, 0.1) is 7.11 Å². The highest BCUT2D eigenvalue weighted by Crippen LogP contribution is 2.37. The van der Waals surface area contributed by atoms with Crippen LogP contribution in [0, 0.1) is 5.41 Å². The number of hydrogen-bond acceptors (Lipinski definition) is 3. The van der Waals surface area contributed by atoms with E-state index in [-0.39, 0.29) is 0 Å². The standard InChI is InChI=1S/C16H26N2O/c1-4-16(2)7-9-18(10-8-16)15-11-14(19-3)6-5-13(15)12-17/h5-6,11H,4,7-10,12,17H2,1-3H3. The largest absolute Gasteiger partial charge is 0.497 e. The van der Waals surface area contributed by atoms with Crippen LogP contribution in [-0.4, -0.2) is 20.2 Å². The molecular weight excluding hydrogens is 236 g/mol. The summed E-state index contributed by atoms with van der Waals surface area (Å²) < 4.78 is 5.34. The molecule has 1 aromatic rings. The lowest BCUT2D eigenvalue weighted by atomic mass is 9.78. The number of nitrogens with zero attached hydrogens (tertiary/aromatic N) is 1. The van der Waals surface area contributed by atoms with E-state index in [0.717, 1.165) is 18.8 Å². The maximum absolute atomic E-state index is 5.86. The van der Waals surface area contributed by atoms with E-state index >= 15 is 0 Å². The molecule has 3 nitrogen and oxygen atoms in total. The number of rotatable bonds is 4. The third-order valence-corrected chi connectivity index (χ3v) is 4.68. The van der Waals surface area contributed by atoms with Crippen molar-refractivity contribution in [2.24, 2.45) is 11.1 Å². The van der Waals surface area contributed by atoms with Crippen LogP contribution in [0.2, 0.25) is 0 Å². The molecule has 2 rings (SSSR count). The Kier molecular flexibility index (Phi) is 4.35. The van der Waals surface area contributed by atoms with Gasteiger partial charge in [-0.25, -0.2) is 0 Å².